The highest BCUT2D eigenvalue weighted by Gasteiger charge is 1.96. The number of hydrogen-bond acceptors (Lipinski definition) is 3. The molecule has 5 nitrogen and oxygen atoms in total. The lowest BCUT2D eigenvalue weighted by atomic mass is 10.4. The van der Waals surface area contributed by atoms with Crippen LogP contribution < -0.4 is 10.9 Å². The number of aromatic nitrogens is 3. The summed E-state index contributed by atoms with van der Waals surface area (Å²) in [6, 6.07) is 7.15. The van der Waals surface area contributed by atoms with E-state index in [1.165, 1.54) is 0 Å². The third-order valence-electron chi connectivity index (χ3n) is 2.50. The molecular weight excluding hydrogens is 216 g/mol. The minimum atomic E-state index is 0.0344. The number of rotatable bonds is 5. The van der Waals surface area contributed by atoms with Crippen LogP contribution >= 0.6 is 0 Å². The second-order valence-electron chi connectivity index (χ2n) is 3.89. The summed E-state index contributed by atoms with van der Waals surface area (Å²) in [5.74, 6) is 0. The Morgan fingerprint density at radius 3 is 2.88 bits per heavy atom. The summed E-state index contributed by atoms with van der Waals surface area (Å²) >= 11 is 0. The zero-order valence-electron chi connectivity index (χ0n) is 9.84. The molecule has 0 aromatic carbocycles. The van der Waals surface area contributed by atoms with Gasteiger partial charge in [0, 0.05) is 45.1 Å². The van der Waals surface area contributed by atoms with Gasteiger partial charge in [-0.25, -0.2) is 0 Å². The van der Waals surface area contributed by atoms with Crippen molar-refractivity contribution in [2.75, 3.05) is 6.54 Å². The fourth-order valence-corrected chi connectivity index (χ4v) is 1.62. The van der Waals surface area contributed by atoms with Crippen LogP contribution in [0.25, 0.3) is 0 Å². The van der Waals surface area contributed by atoms with Crippen LogP contribution in [-0.2, 0) is 20.1 Å². The van der Waals surface area contributed by atoms with Crippen molar-refractivity contribution in [3.63, 3.8) is 0 Å². The van der Waals surface area contributed by atoms with E-state index in [4.69, 9.17) is 0 Å². The van der Waals surface area contributed by atoms with Crippen molar-refractivity contribution in [2.24, 2.45) is 7.05 Å². The topological polar surface area (TPSA) is 51.9 Å². The predicted molar refractivity (Wildman–Crippen MR) is 65.6 cm³/mol. The van der Waals surface area contributed by atoms with E-state index in [0.29, 0.717) is 6.54 Å². The fraction of sp³-hybridized carbons (Fsp3) is 0.333. The van der Waals surface area contributed by atoms with Crippen LogP contribution in [0.15, 0.2) is 41.5 Å². The molecule has 0 aliphatic rings. The predicted octanol–water partition coefficient (Wildman–Crippen LogP) is 0.372. The summed E-state index contributed by atoms with van der Waals surface area (Å²) in [6.45, 7) is 2.15. The van der Waals surface area contributed by atoms with E-state index in [2.05, 4.69) is 10.4 Å². The van der Waals surface area contributed by atoms with Gasteiger partial charge in [0.25, 0.3) is 5.56 Å². The molecule has 2 rings (SSSR count). The van der Waals surface area contributed by atoms with Gasteiger partial charge in [0.1, 0.15) is 0 Å². The van der Waals surface area contributed by atoms with Crippen molar-refractivity contribution in [3.8, 4) is 0 Å². The Morgan fingerprint density at radius 1 is 1.29 bits per heavy atom. The van der Waals surface area contributed by atoms with E-state index in [9.17, 15) is 4.79 Å². The maximum Gasteiger partial charge on any atom is 0.250 e. The molecule has 0 saturated carbocycles. The van der Waals surface area contributed by atoms with E-state index >= 15 is 0 Å². The molecule has 17 heavy (non-hydrogen) atoms. The van der Waals surface area contributed by atoms with Crippen LogP contribution in [0.5, 0.6) is 0 Å². The molecule has 1 N–H and O–H groups in total. The first kappa shape index (κ1) is 11.6. The van der Waals surface area contributed by atoms with Gasteiger partial charge in [-0.3, -0.25) is 9.48 Å². The maximum atomic E-state index is 11.4. The minimum Gasteiger partial charge on any atom is -0.314 e. The van der Waals surface area contributed by atoms with Crippen molar-refractivity contribution in [1.29, 1.82) is 0 Å². The fourth-order valence-electron chi connectivity index (χ4n) is 1.62. The number of nitrogens with one attached hydrogen (secondary N) is 1. The molecular formula is C12H16N4O. The van der Waals surface area contributed by atoms with Crippen LogP contribution in [0.4, 0.5) is 0 Å². The summed E-state index contributed by atoms with van der Waals surface area (Å²) in [7, 11) is 1.90. The molecule has 0 aliphatic carbocycles. The van der Waals surface area contributed by atoms with Gasteiger partial charge in [-0.1, -0.05) is 6.07 Å². The monoisotopic (exact) mass is 232 g/mol. The van der Waals surface area contributed by atoms with Crippen molar-refractivity contribution in [3.05, 3.63) is 52.7 Å². The molecule has 2 heterocycles. The average molecular weight is 232 g/mol. The zero-order valence-corrected chi connectivity index (χ0v) is 9.84. The van der Waals surface area contributed by atoms with E-state index in [1.54, 1.807) is 27.6 Å². The largest absolute Gasteiger partial charge is 0.314 e. The minimum absolute atomic E-state index is 0.0344. The van der Waals surface area contributed by atoms with E-state index in [-0.39, 0.29) is 5.56 Å². The van der Waals surface area contributed by atoms with Gasteiger partial charge in [-0.15, -0.1) is 0 Å². The van der Waals surface area contributed by atoms with Gasteiger partial charge in [0.05, 0.1) is 5.69 Å². The standard InChI is InChI=1S/C12H16N4O/c1-15-8-5-11(14-15)10-13-6-9-16-7-3-2-4-12(16)17/h2-5,7-8,13H,6,9-10H2,1H3. The SMILES string of the molecule is Cn1ccc(CNCCn2ccccc2=O)n1. The highest BCUT2D eigenvalue weighted by atomic mass is 16.1. The molecule has 0 unspecified atom stereocenters. The molecule has 0 atom stereocenters. The zero-order chi connectivity index (χ0) is 12.1. The quantitative estimate of drug-likeness (QED) is 0.758. The molecule has 0 saturated heterocycles. The van der Waals surface area contributed by atoms with Crippen LogP contribution in [0, 0.1) is 0 Å². The Morgan fingerprint density at radius 2 is 2.18 bits per heavy atom. The summed E-state index contributed by atoms with van der Waals surface area (Å²) in [5.41, 5.74) is 1.04. The Hall–Kier alpha value is -1.88. The Balaban J connectivity index is 1.77. The summed E-state index contributed by atoms with van der Waals surface area (Å²) in [5, 5.41) is 7.51. The average Bonchev–Trinajstić information content (AvgIpc) is 2.73. The lowest BCUT2D eigenvalue weighted by molar-refractivity contribution is 0.576. The second kappa shape index (κ2) is 5.45. The molecule has 2 aromatic heterocycles. The number of pyridine rings is 1. The Labute approximate surface area is 99.7 Å². The van der Waals surface area contributed by atoms with Crippen LogP contribution in [0.2, 0.25) is 0 Å². The highest BCUT2D eigenvalue weighted by molar-refractivity contribution is 4.98. The molecule has 0 amide bonds. The van der Waals surface area contributed by atoms with Gasteiger partial charge >= 0.3 is 0 Å². The maximum absolute atomic E-state index is 11.4. The van der Waals surface area contributed by atoms with Crippen LogP contribution in [0.3, 0.4) is 0 Å². The van der Waals surface area contributed by atoms with Gasteiger partial charge in [-0.05, 0) is 12.1 Å². The smallest absolute Gasteiger partial charge is 0.250 e. The molecule has 0 fully saturated rings. The number of nitrogens with zero attached hydrogens (tertiary/aromatic N) is 3. The molecule has 5 heteroatoms. The Bertz CT molecular complexity index is 529. The van der Waals surface area contributed by atoms with Crippen molar-refractivity contribution >= 4 is 0 Å². The van der Waals surface area contributed by atoms with Crippen molar-refractivity contribution in [2.45, 2.75) is 13.1 Å². The summed E-state index contributed by atoms with van der Waals surface area (Å²) in [4.78, 5) is 11.4. The molecule has 90 valence electrons. The van der Waals surface area contributed by atoms with Gasteiger partial charge < -0.3 is 9.88 Å². The Kier molecular flexibility index (Phi) is 3.72. The lowest BCUT2D eigenvalue weighted by Crippen LogP contribution is -2.25. The van der Waals surface area contributed by atoms with Gasteiger partial charge in [0.2, 0.25) is 0 Å². The lowest BCUT2D eigenvalue weighted by Gasteiger charge is -2.05. The van der Waals surface area contributed by atoms with Crippen LogP contribution in [-0.4, -0.2) is 20.9 Å². The molecule has 0 spiro atoms. The third kappa shape index (κ3) is 3.29. The molecule has 2 aromatic rings. The first-order valence-electron chi connectivity index (χ1n) is 5.60. The van der Waals surface area contributed by atoms with Crippen molar-refractivity contribution < 1.29 is 0 Å². The van der Waals surface area contributed by atoms with E-state index in [1.807, 2.05) is 25.4 Å². The third-order valence-corrected chi connectivity index (χ3v) is 2.50. The van der Waals surface area contributed by atoms with Crippen LogP contribution in [0.1, 0.15) is 5.69 Å². The first-order valence-corrected chi connectivity index (χ1v) is 5.60. The second-order valence-corrected chi connectivity index (χ2v) is 3.89. The summed E-state index contributed by atoms with van der Waals surface area (Å²) < 4.78 is 3.46. The van der Waals surface area contributed by atoms with Gasteiger partial charge in [-0.2, -0.15) is 5.10 Å². The van der Waals surface area contributed by atoms with Gasteiger partial charge in [0.15, 0.2) is 0 Å². The molecule has 0 aliphatic heterocycles. The number of aryl methyl sites for hydroxylation is 1. The summed E-state index contributed by atoms with van der Waals surface area (Å²) in [6.07, 6.45) is 3.71. The highest BCUT2D eigenvalue weighted by Crippen LogP contribution is 1.92. The normalized spacial score (nSPS) is 10.6. The van der Waals surface area contributed by atoms with E-state index < -0.39 is 0 Å². The molecule has 0 bridgehead atoms. The van der Waals surface area contributed by atoms with Crippen molar-refractivity contribution in [1.82, 2.24) is 19.7 Å². The first-order chi connectivity index (χ1) is 8.25. The van der Waals surface area contributed by atoms with E-state index in [0.717, 1.165) is 18.8 Å². The number of hydrogen-bond donors (Lipinski definition) is 1. The molecule has 0 radical (unpaired) electrons.